The second-order valence-corrected chi connectivity index (χ2v) is 9.69. The first-order chi connectivity index (χ1) is 15.7. The molecule has 0 fully saturated rings. The largest absolute Gasteiger partial charge is 0.489 e. The molecule has 0 aliphatic carbocycles. The standard InChI is InChI=1S/C27H27NO3S/c29-26(30)16-19-9-10-25-24(15-19)27(23-8-4-3-7-22(23)18-31-25)32-14-13-28-12-11-20-5-1-2-6-21(20)17-28/h1-10,15,27H,11-14,16-18H2,(H,29,30). The van der Waals surface area contributed by atoms with Crippen LogP contribution in [0.1, 0.15) is 38.6 Å². The van der Waals surface area contributed by atoms with Gasteiger partial charge < -0.3 is 9.84 Å². The first-order valence-corrected chi connectivity index (χ1v) is 12.2. The molecule has 2 aliphatic rings. The van der Waals surface area contributed by atoms with Gasteiger partial charge in [-0.1, -0.05) is 60.7 Å². The molecule has 0 aromatic heterocycles. The average Bonchev–Trinajstić information content (AvgIpc) is 2.96. The zero-order valence-corrected chi connectivity index (χ0v) is 18.8. The number of hydrogen-bond donors (Lipinski definition) is 1. The molecule has 2 heterocycles. The SMILES string of the molecule is O=C(O)Cc1ccc2c(c1)C(SCCN1CCc3ccccc3C1)c1ccccc1CO2. The first kappa shape index (κ1) is 21.1. The number of rotatable bonds is 6. The van der Waals surface area contributed by atoms with E-state index in [1.165, 1.54) is 22.3 Å². The van der Waals surface area contributed by atoms with Gasteiger partial charge in [-0.2, -0.15) is 0 Å². The van der Waals surface area contributed by atoms with Gasteiger partial charge in [0.05, 0.1) is 11.7 Å². The van der Waals surface area contributed by atoms with Crippen molar-refractivity contribution in [3.63, 3.8) is 0 Å². The number of nitrogens with zero attached hydrogens (tertiary/aromatic N) is 1. The fourth-order valence-electron chi connectivity index (χ4n) is 4.69. The van der Waals surface area contributed by atoms with Crippen LogP contribution in [0.4, 0.5) is 0 Å². The summed E-state index contributed by atoms with van der Waals surface area (Å²) >= 11 is 1.93. The third-order valence-electron chi connectivity index (χ3n) is 6.33. The van der Waals surface area contributed by atoms with E-state index in [9.17, 15) is 9.90 Å². The summed E-state index contributed by atoms with van der Waals surface area (Å²) in [5.74, 6) is 1.05. The monoisotopic (exact) mass is 445 g/mol. The molecule has 4 nitrogen and oxygen atoms in total. The van der Waals surface area contributed by atoms with E-state index in [4.69, 9.17) is 4.74 Å². The molecular formula is C27H27NO3S. The van der Waals surface area contributed by atoms with Crippen molar-refractivity contribution in [2.75, 3.05) is 18.8 Å². The highest BCUT2D eigenvalue weighted by Gasteiger charge is 2.26. The number of hydrogen-bond acceptors (Lipinski definition) is 4. The maximum Gasteiger partial charge on any atom is 0.307 e. The Morgan fingerprint density at radius 3 is 2.62 bits per heavy atom. The van der Waals surface area contributed by atoms with Crippen LogP contribution in [0.3, 0.4) is 0 Å². The molecule has 0 bridgehead atoms. The zero-order chi connectivity index (χ0) is 21.9. The van der Waals surface area contributed by atoms with Gasteiger partial charge >= 0.3 is 5.97 Å². The van der Waals surface area contributed by atoms with E-state index < -0.39 is 5.97 Å². The van der Waals surface area contributed by atoms with Crippen molar-refractivity contribution in [2.45, 2.75) is 31.2 Å². The van der Waals surface area contributed by atoms with Crippen molar-refractivity contribution in [3.8, 4) is 5.75 Å². The molecule has 164 valence electrons. The summed E-state index contributed by atoms with van der Waals surface area (Å²) in [7, 11) is 0. The molecule has 0 saturated heterocycles. The number of thioether (sulfide) groups is 1. The van der Waals surface area contributed by atoms with Crippen LogP contribution in [0.25, 0.3) is 0 Å². The molecular weight excluding hydrogens is 418 g/mol. The summed E-state index contributed by atoms with van der Waals surface area (Å²) in [6, 6.07) is 23.0. The highest BCUT2D eigenvalue weighted by molar-refractivity contribution is 7.99. The average molecular weight is 446 g/mol. The fourth-order valence-corrected chi connectivity index (χ4v) is 6.06. The van der Waals surface area contributed by atoms with Crippen LogP contribution in [-0.4, -0.2) is 34.8 Å². The Kier molecular flexibility index (Phi) is 6.19. The molecule has 1 N–H and O–H groups in total. The number of aliphatic carboxylic acids is 1. The van der Waals surface area contributed by atoms with Gasteiger partial charge in [-0.15, -0.1) is 11.8 Å². The Bertz CT molecular complexity index is 1130. The van der Waals surface area contributed by atoms with Crippen molar-refractivity contribution in [1.29, 1.82) is 0 Å². The number of fused-ring (bicyclic) bond motifs is 3. The summed E-state index contributed by atoms with van der Waals surface area (Å²) in [5.41, 5.74) is 7.30. The summed E-state index contributed by atoms with van der Waals surface area (Å²) in [4.78, 5) is 13.8. The minimum atomic E-state index is -0.811. The third-order valence-corrected chi connectivity index (χ3v) is 7.59. The first-order valence-electron chi connectivity index (χ1n) is 11.1. The predicted molar refractivity (Wildman–Crippen MR) is 128 cm³/mol. The van der Waals surface area contributed by atoms with Crippen molar-refractivity contribution >= 4 is 17.7 Å². The fraction of sp³-hybridized carbons (Fsp3) is 0.296. The Morgan fingerprint density at radius 2 is 1.78 bits per heavy atom. The van der Waals surface area contributed by atoms with Crippen molar-refractivity contribution in [2.24, 2.45) is 0 Å². The lowest BCUT2D eigenvalue weighted by Gasteiger charge is -2.29. The molecule has 1 atom stereocenters. The van der Waals surface area contributed by atoms with Crippen molar-refractivity contribution < 1.29 is 14.6 Å². The van der Waals surface area contributed by atoms with Crippen LogP contribution < -0.4 is 4.74 Å². The predicted octanol–water partition coefficient (Wildman–Crippen LogP) is 5.09. The van der Waals surface area contributed by atoms with Gasteiger partial charge in [0.2, 0.25) is 0 Å². The summed E-state index contributed by atoms with van der Waals surface area (Å²) in [6.07, 6.45) is 1.14. The molecule has 1 unspecified atom stereocenters. The van der Waals surface area contributed by atoms with E-state index in [2.05, 4.69) is 53.4 Å². The second-order valence-electron chi connectivity index (χ2n) is 8.48. The van der Waals surface area contributed by atoms with Gasteiger partial charge in [0, 0.05) is 31.0 Å². The molecule has 0 amide bonds. The van der Waals surface area contributed by atoms with E-state index in [1.54, 1.807) is 0 Å². The Morgan fingerprint density at radius 1 is 1.00 bits per heavy atom. The van der Waals surface area contributed by atoms with E-state index in [-0.39, 0.29) is 11.7 Å². The molecule has 5 rings (SSSR count). The van der Waals surface area contributed by atoms with Crippen LogP contribution in [0.5, 0.6) is 5.75 Å². The van der Waals surface area contributed by atoms with E-state index >= 15 is 0 Å². The van der Waals surface area contributed by atoms with Gasteiger partial charge in [0.1, 0.15) is 12.4 Å². The van der Waals surface area contributed by atoms with Gasteiger partial charge in [-0.3, -0.25) is 9.69 Å². The van der Waals surface area contributed by atoms with Crippen LogP contribution in [-0.2, 0) is 30.8 Å². The normalized spacial score (nSPS) is 17.4. The molecule has 0 radical (unpaired) electrons. The minimum absolute atomic E-state index is 0.0273. The number of ether oxygens (including phenoxy) is 1. The molecule has 0 spiro atoms. The van der Waals surface area contributed by atoms with Crippen LogP contribution >= 0.6 is 11.8 Å². The van der Waals surface area contributed by atoms with Gasteiger partial charge in [0.15, 0.2) is 0 Å². The highest BCUT2D eigenvalue weighted by Crippen LogP contribution is 2.44. The zero-order valence-electron chi connectivity index (χ0n) is 18.0. The Labute approximate surface area is 193 Å². The number of benzene rings is 3. The van der Waals surface area contributed by atoms with E-state index in [0.717, 1.165) is 48.7 Å². The van der Waals surface area contributed by atoms with Crippen LogP contribution in [0.2, 0.25) is 0 Å². The van der Waals surface area contributed by atoms with Crippen LogP contribution in [0, 0.1) is 0 Å². The van der Waals surface area contributed by atoms with E-state index in [1.807, 2.05) is 30.0 Å². The van der Waals surface area contributed by atoms with Gasteiger partial charge in [0.25, 0.3) is 0 Å². The summed E-state index contributed by atoms with van der Waals surface area (Å²) in [5, 5.41) is 9.40. The number of carboxylic acid groups (broad SMARTS) is 1. The minimum Gasteiger partial charge on any atom is -0.489 e. The maximum absolute atomic E-state index is 11.3. The smallest absolute Gasteiger partial charge is 0.307 e. The lowest BCUT2D eigenvalue weighted by molar-refractivity contribution is -0.136. The van der Waals surface area contributed by atoms with Crippen molar-refractivity contribution in [1.82, 2.24) is 4.90 Å². The highest BCUT2D eigenvalue weighted by atomic mass is 32.2. The molecule has 2 aliphatic heterocycles. The molecule has 3 aromatic carbocycles. The quantitative estimate of drug-likeness (QED) is 0.573. The molecule has 3 aromatic rings. The second kappa shape index (κ2) is 9.39. The molecule has 32 heavy (non-hydrogen) atoms. The lowest BCUT2D eigenvalue weighted by Crippen LogP contribution is -2.32. The Balaban J connectivity index is 1.36. The van der Waals surface area contributed by atoms with Gasteiger partial charge in [-0.05, 0) is 40.3 Å². The number of carbonyl (C=O) groups is 1. The Hall–Kier alpha value is -2.76. The van der Waals surface area contributed by atoms with E-state index in [0.29, 0.717) is 6.61 Å². The lowest BCUT2D eigenvalue weighted by atomic mass is 9.98. The third kappa shape index (κ3) is 4.54. The van der Waals surface area contributed by atoms with Crippen molar-refractivity contribution in [3.05, 3.63) is 100 Å². The molecule has 5 heteroatoms. The van der Waals surface area contributed by atoms with Crippen LogP contribution in [0.15, 0.2) is 66.7 Å². The number of carboxylic acids is 1. The van der Waals surface area contributed by atoms with Gasteiger partial charge in [-0.25, -0.2) is 0 Å². The summed E-state index contributed by atoms with van der Waals surface area (Å²) in [6.45, 7) is 3.69. The summed E-state index contributed by atoms with van der Waals surface area (Å²) < 4.78 is 6.13. The maximum atomic E-state index is 11.3. The molecule has 0 saturated carbocycles. The topological polar surface area (TPSA) is 49.8 Å².